The Morgan fingerprint density at radius 3 is 2.80 bits per heavy atom. The zero-order valence-electron chi connectivity index (χ0n) is 12.4. The van der Waals surface area contributed by atoms with Gasteiger partial charge in [0.15, 0.2) is 0 Å². The van der Waals surface area contributed by atoms with Crippen LogP contribution in [0.5, 0.6) is 0 Å². The standard InChI is InChI=1S/C16H22N4/c1-4-8-17-15-10-16(19-12-18-15)20(3)11-14-7-5-6-13(2)9-14/h5-7,9-10,12H,4,8,11H2,1-3H3,(H,17,18,19). The van der Waals surface area contributed by atoms with E-state index in [1.54, 1.807) is 6.33 Å². The van der Waals surface area contributed by atoms with E-state index in [2.05, 4.69) is 58.3 Å². The normalized spacial score (nSPS) is 10.3. The van der Waals surface area contributed by atoms with Gasteiger partial charge in [-0.25, -0.2) is 9.97 Å². The first-order valence-corrected chi connectivity index (χ1v) is 7.01. The molecule has 1 N–H and O–H groups in total. The molecule has 0 unspecified atom stereocenters. The van der Waals surface area contributed by atoms with Gasteiger partial charge in [0.05, 0.1) is 0 Å². The van der Waals surface area contributed by atoms with Crippen LogP contribution in [0.25, 0.3) is 0 Å². The van der Waals surface area contributed by atoms with E-state index in [0.717, 1.165) is 31.1 Å². The molecule has 1 aromatic carbocycles. The van der Waals surface area contributed by atoms with Gasteiger partial charge < -0.3 is 10.2 Å². The number of rotatable bonds is 6. The predicted octanol–water partition coefficient (Wildman–Crippen LogP) is 3.24. The smallest absolute Gasteiger partial charge is 0.134 e. The second-order valence-electron chi connectivity index (χ2n) is 5.03. The van der Waals surface area contributed by atoms with Crippen molar-refractivity contribution in [2.75, 3.05) is 23.8 Å². The summed E-state index contributed by atoms with van der Waals surface area (Å²) >= 11 is 0. The van der Waals surface area contributed by atoms with Gasteiger partial charge in [-0.3, -0.25) is 0 Å². The van der Waals surface area contributed by atoms with Crippen molar-refractivity contribution in [3.05, 3.63) is 47.8 Å². The third-order valence-corrected chi connectivity index (χ3v) is 3.10. The molecule has 2 aromatic rings. The lowest BCUT2D eigenvalue weighted by molar-refractivity contribution is 0.887. The molecule has 0 saturated heterocycles. The minimum Gasteiger partial charge on any atom is -0.370 e. The average molecular weight is 270 g/mol. The van der Waals surface area contributed by atoms with Crippen molar-refractivity contribution in [3.8, 4) is 0 Å². The van der Waals surface area contributed by atoms with Crippen LogP contribution < -0.4 is 10.2 Å². The summed E-state index contributed by atoms with van der Waals surface area (Å²) in [7, 11) is 2.05. The predicted molar refractivity (Wildman–Crippen MR) is 84.1 cm³/mol. The van der Waals surface area contributed by atoms with Gasteiger partial charge in [-0.1, -0.05) is 36.8 Å². The molecule has 0 aliphatic rings. The van der Waals surface area contributed by atoms with Crippen molar-refractivity contribution in [1.29, 1.82) is 0 Å². The largest absolute Gasteiger partial charge is 0.370 e. The molecule has 0 fully saturated rings. The Morgan fingerprint density at radius 1 is 1.20 bits per heavy atom. The summed E-state index contributed by atoms with van der Waals surface area (Å²) in [6, 6.07) is 10.5. The van der Waals surface area contributed by atoms with E-state index in [-0.39, 0.29) is 0 Å². The molecule has 0 aliphatic carbocycles. The highest BCUT2D eigenvalue weighted by atomic mass is 15.2. The summed E-state index contributed by atoms with van der Waals surface area (Å²) < 4.78 is 0. The molecule has 1 aromatic heterocycles. The topological polar surface area (TPSA) is 41.0 Å². The number of aromatic nitrogens is 2. The number of benzene rings is 1. The minimum atomic E-state index is 0.839. The van der Waals surface area contributed by atoms with Gasteiger partial charge in [0.1, 0.15) is 18.0 Å². The third-order valence-electron chi connectivity index (χ3n) is 3.10. The van der Waals surface area contributed by atoms with Gasteiger partial charge >= 0.3 is 0 Å². The lowest BCUT2D eigenvalue weighted by Crippen LogP contribution is -2.18. The van der Waals surface area contributed by atoms with Crippen molar-refractivity contribution in [2.24, 2.45) is 0 Å². The van der Waals surface area contributed by atoms with Crippen LogP contribution in [-0.2, 0) is 6.54 Å². The summed E-state index contributed by atoms with van der Waals surface area (Å²) in [5.74, 6) is 1.81. The molecule has 0 aliphatic heterocycles. The molecule has 0 atom stereocenters. The maximum Gasteiger partial charge on any atom is 0.134 e. The third kappa shape index (κ3) is 3.95. The SMILES string of the molecule is CCCNc1cc(N(C)Cc2cccc(C)c2)ncn1. The summed E-state index contributed by atoms with van der Waals surface area (Å²) in [5, 5.41) is 3.28. The molecular weight excluding hydrogens is 248 g/mol. The lowest BCUT2D eigenvalue weighted by atomic mass is 10.1. The molecule has 20 heavy (non-hydrogen) atoms. The summed E-state index contributed by atoms with van der Waals surface area (Å²) in [4.78, 5) is 10.7. The molecule has 4 heteroatoms. The Balaban J connectivity index is 2.06. The van der Waals surface area contributed by atoms with Gasteiger partial charge in [-0.2, -0.15) is 0 Å². The van der Waals surface area contributed by atoms with E-state index in [1.807, 2.05) is 13.1 Å². The van der Waals surface area contributed by atoms with Crippen LogP contribution in [0.4, 0.5) is 11.6 Å². The van der Waals surface area contributed by atoms with E-state index in [4.69, 9.17) is 0 Å². The molecule has 0 radical (unpaired) electrons. The highest BCUT2D eigenvalue weighted by Crippen LogP contribution is 2.15. The van der Waals surface area contributed by atoms with E-state index >= 15 is 0 Å². The molecule has 0 amide bonds. The first-order chi connectivity index (χ1) is 9.69. The maximum atomic E-state index is 4.34. The zero-order valence-corrected chi connectivity index (χ0v) is 12.4. The number of hydrogen-bond acceptors (Lipinski definition) is 4. The van der Waals surface area contributed by atoms with Crippen LogP contribution in [0, 0.1) is 6.92 Å². The molecular formula is C16H22N4. The minimum absolute atomic E-state index is 0.839. The fraction of sp³-hybridized carbons (Fsp3) is 0.375. The van der Waals surface area contributed by atoms with Gasteiger partial charge in [-0.15, -0.1) is 0 Å². The Morgan fingerprint density at radius 2 is 2.05 bits per heavy atom. The molecule has 0 bridgehead atoms. The van der Waals surface area contributed by atoms with Crippen LogP contribution in [-0.4, -0.2) is 23.6 Å². The highest BCUT2D eigenvalue weighted by molar-refractivity contribution is 5.48. The number of hydrogen-bond donors (Lipinski definition) is 1. The first kappa shape index (κ1) is 14.3. The van der Waals surface area contributed by atoms with Crippen LogP contribution in [0.2, 0.25) is 0 Å². The Kier molecular flexibility index (Phi) is 4.93. The van der Waals surface area contributed by atoms with E-state index in [1.165, 1.54) is 11.1 Å². The summed E-state index contributed by atoms with van der Waals surface area (Å²) in [5.41, 5.74) is 2.57. The van der Waals surface area contributed by atoms with Gasteiger partial charge in [0.25, 0.3) is 0 Å². The molecule has 1 heterocycles. The van der Waals surface area contributed by atoms with Gasteiger partial charge in [0.2, 0.25) is 0 Å². The van der Waals surface area contributed by atoms with Crippen LogP contribution in [0.15, 0.2) is 36.7 Å². The average Bonchev–Trinajstić information content (AvgIpc) is 2.45. The van der Waals surface area contributed by atoms with Crippen molar-refractivity contribution in [1.82, 2.24) is 9.97 Å². The van der Waals surface area contributed by atoms with Gasteiger partial charge in [-0.05, 0) is 18.9 Å². The monoisotopic (exact) mass is 270 g/mol. The van der Waals surface area contributed by atoms with E-state index < -0.39 is 0 Å². The molecule has 4 nitrogen and oxygen atoms in total. The zero-order chi connectivity index (χ0) is 14.4. The maximum absolute atomic E-state index is 4.34. The van der Waals surface area contributed by atoms with Crippen molar-refractivity contribution in [3.63, 3.8) is 0 Å². The number of nitrogens with zero attached hydrogens (tertiary/aromatic N) is 3. The Bertz CT molecular complexity index is 554. The molecule has 106 valence electrons. The first-order valence-electron chi connectivity index (χ1n) is 7.01. The Hall–Kier alpha value is -2.10. The van der Waals surface area contributed by atoms with E-state index in [9.17, 15) is 0 Å². The van der Waals surface area contributed by atoms with Gasteiger partial charge in [0, 0.05) is 26.2 Å². The van der Waals surface area contributed by atoms with Crippen LogP contribution in [0.3, 0.4) is 0 Å². The number of nitrogens with one attached hydrogen (secondary N) is 1. The summed E-state index contributed by atoms with van der Waals surface area (Å²) in [6.45, 7) is 6.02. The fourth-order valence-corrected chi connectivity index (χ4v) is 2.07. The summed E-state index contributed by atoms with van der Waals surface area (Å²) in [6.07, 6.45) is 2.69. The second-order valence-corrected chi connectivity index (χ2v) is 5.03. The van der Waals surface area contributed by atoms with Crippen molar-refractivity contribution < 1.29 is 0 Å². The van der Waals surface area contributed by atoms with Crippen LogP contribution in [0.1, 0.15) is 24.5 Å². The fourth-order valence-electron chi connectivity index (χ4n) is 2.07. The van der Waals surface area contributed by atoms with Crippen molar-refractivity contribution in [2.45, 2.75) is 26.8 Å². The molecule has 2 rings (SSSR count). The van der Waals surface area contributed by atoms with Crippen molar-refractivity contribution >= 4 is 11.6 Å². The Labute approximate surface area is 120 Å². The quantitative estimate of drug-likeness (QED) is 0.875. The lowest BCUT2D eigenvalue weighted by Gasteiger charge is -2.19. The molecule has 0 saturated carbocycles. The number of aryl methyl sites for hydroxylation is 1. The van der Waals surface area contributed by atoms with E-state index in [0.29, 0.717) is 0 Å². The van der Waals surface area contributed by atoms with Crippen LogP contribution >= 0.6 is 0 Å². The number of anilines is 2. The molecule has 0 spiro atoms. The second kappa shape index (κ2) is 6.89. The highest BCUT2D eigenvalue weighted by Gasteiger charge is 2.05.